The quantitative estimate of drug-likeness (QED) is 0.199. The van der Waals surface area contributed by atoms with E-state index in [1.807, 2.05) is 32.0 Å². The smallest absolute Gasteiger partial charge is 0.271 e. The minimum absolute atomic E-state index is 0.107. The molecule has 0 bridgehead atoms. The van der Waals surface area contributed by atoms with Gasteiger partial charge in [-0.3, -0.25) is 19.7 Å². The van der Waals surface area contributed by atoms with Gasteiger partial charge in [-0.15, -0.1) is 0 Å². The van der Waals surface area contributed by atoms with Crippen molar-refractivity contribution in [1.82, 2.24) is 5.43 Å². The van der Waals surface area contributed by atoms with Gasteiger partial charge in [0.05, 0.1) is 20.1 Å². The van der Waals surface area contributed by atoms with Crippen LogP contribution in [-0.4, -0.2) is 29.6 Å². The van der Waals surface area contributed by atoms with E-state index in [9.17, 15) is 19.7 Å². The molecule has 0 aliphatic rings. The summed E-state index contributed by atoms with van der Waals surface area (Å²) in [6, 6.07) is 14.3. The fourth-order valence-corrected chi connectivity index (χ4v) is 4.42. The molecule has 0 radical (unpaired) electrons. The fraction of sp³-hybridized carbons (Fsp3) is 0.125. The highest BCUT2D eigenvalue weighted by molar-refractivity contribution is 9.11. The number of hydrogen-bond donors (Lipinski definition) is 2. The average molecular weight is 604 g/mol. The highest BCUT2D eigenvalue weighted by Gasteiger charge is 2.13. The van der Waals surface area contributed by atoms with Crippen LogP contribution in [0, 0.1) is 24.0 Å². The van der Waals surface area contributed by atoms with E-state index < -0.39 is 10.8 Å². The first-order valence-electron chi connectivity index (χ1n) is 10.2. The number of rotatable bonds is 8. The van der Waals surface area contributed by atoms with Crippen LogP contribution in [0.15, 0.2) is 68.6 Å². The number of anilines is 1. The summed E-state index contributed by atoms with van der Waals surface area (Å²) in [6.07, 6.45) is 1.43. The number of hydrogen-bond acceptors (Lipinski definition) is 6. The number of nitrogens with zero attached hydrogens (tertiary/aromatic N) is 2. The molecule has 180 valence electrons. The molecule has 0 fully saturated rings. The number of aryl methyl sites for hydroxylation is 1. The minimum atomic E-state index is -0.541. The number of nitrogens with one attached hydrogen (secondary N) is 2. The van der Waals surface area contributed by atoms with Crippen molar-refractivity contribution in [2.75, 3.05) is 11.9 Å². The molecule has 0 aliphatic heterocycles. The van der Waals surface area contributed by atoms with Crippen LogP contribution in [0.4, 0.5) is 11.4 Å². The molecule has 0 saturated heterocycles. The number of amides is 2. The lowest BCUT2D eigenvalue weighted by Crippen LogP contribution is -2.21. The van der Waals surface area contributed by atoms with Crippen molar-refractivity contribution in [1.29, 1.82) is 0 Å². The Morgan fingerprint density at radius 2 is 1.74 bits per heavy atom. The lowest BCUT2D eigenvalue weighted by molar-refractivity contribution is -0.384. The minimum Gasteiger partial charge on any atom is -0.481 e. The first kappa shape index (κ1) is 26.0. The van der Waals surface area contributed by atoms with Gasteiger partial charge in [0, 0.05) is 23.4 Å². The monoisotopic (exact) mass is 602 g/mol. The predicted octanol–water partition coefficient (Wildman–Crippen LogP) is 5.52. The zero-order chi connectivity index (χ0) is 25.5. The van der Waals surface area contributed by atoms with E-state index in [4.69, 9.17) is 4.74 Å². The van der Waals surface area contributed by atoms with Crippen LogP contribution in [0.1, 0.15) is 27.0 Å². The Hall–Kier alpha value is -3.57. The van der Waals surface area contributed by atoms with Crippen molar-refractivity contribution in [3.63, 3.8) is 0 Å². The Labute approximate surface area is 218 Å². The zero-order valence-corrected chi connectivity index (χ0v) is 21.8. The third kappa shape index (κ3) is 6.96. The standard InChI is InChI=1S/C24H20Br2N4O5/c1-14-4-3-5-21(15(14)2)28-22(31)13-35-23-19(25)10-16(11-20(23)26)12-27-29-24(32)17-6-8-18(9-7-17)30(33)34/h3-12H,13H2,1-2H3,(H,28,31)(H,29,32)/b27-12+. The fourth-order valence-electron chi connectivity index (χ4n) is 2.97. The van der Waals surface area contributed by atoms with E-state index in [-0.39, 0.29) is 23.8 Å². The van der Waals surface area contributed by atoms with Gasteiger partial charge in [0.15, 0.2) is 6.61 Å². The Kier molecular flexibility index (Phi) is 8.72. The van der Waals surface area contributed by atoms with Gasteiger partial charge in [-0.05, 0) is 92.7 Å². The van der Waals surface area contributed by atoms with Crippen LogP contribution >= 0.6 is 31.9 Å². The van der Waals surface area contributed by atoms with Crippen molar-refractivity contribution in [3.05, 3.63) is 95.9 Å². The van der Waals surface area contributed by atoms with Gasteiger partial charge in [0.2, 0.25) is 0 Å². The van der Waals surface area contributed by atoms with Crippen molar-refractivity contribution in [2.24, 2.45) is 5.10 Å². The lowest BCUT2D eigenvalue weighted by atomic mass is 10.1. The third-order valence-electron chi connectivity index (χ3n) is 4.97. The highest BCUT2D eigenvalue weighted by atomic mass is 79.9. The molecule has 35 heavy (non-hydrogen) atoms. The third-order valence-corrected chi connectivity index (χ3v) is 6.15. The summed E-state index contributed by atoms with van der Waals surface area (Å²) in [5.74, 6) is -0.366. The first-order valence-corrected chi connectivity index (χ1v) is 11.8. The molecule has 3 rings (SSSR count). The molecule has 3 aromatic carbocycles. The number of carbonyl (C=O) groups excluding carboxylic acids is 2. The van der Waals surface area contributed by atoms with Crippen molar-refractivity contribution in [3.8, 4) is 5.75 Å². The predicted molar refractivity (Wildman–Crippen MR) is 140 cm³/mol. The molecule has 0 heterocycles. The summed E-state index contributed by atoms with van der Waals surface area (Å²) in [5.41, 5.74) is 5.94. The van der Waals surface area contributed by atoms with E-state index >= 15 is 0 Å². The number of nitro benzene ring substituents is 1. The SMILES string of the molecule is Cc1cccc(NC(=O)COc2c(Br)cc(/C=N/NC(=O)c3ccc([N+](=O)[O-])cc3)cc2Br)c1C. The second kappa shape index (κ2) is 11.7. The molecule has 0 aromatic heterocycles. The molecule has 0 spiro atoms. The van der Waals surface area contributed by atoms with Gasteiger partial charge in [0.25, 0.3) is 17.5 Å². The van der Waals surface area contributed by atoms with Gasteiger partial charge in [0.1, 0.15) is 5.75 Å². The van der Waals surface area contributed by atoms with Crippen molar-refractivity contribution in [2.45, 2.75) is 13.8 Å². The summed E-state index contributed by atoms with van der Waals surface area (Å²) in [6.45, 7) is 3.72. The van der Waals surface area contributed by atoms with E-state index in [1.54, 1.807) is 12.1 Å². The maximum atomic E-state index is 12.4. The Balaban J connectivity index is 1.59. The number of hydrazone groups is 1. The Morgan fingerprint density at radius 1 is 1.09 bits per heavy atom. The summed E-state index contributed by atoms with van der Waals surface area (Å²) < 4.78 is 6.84. The molecule has 0 unspecified atom stereocenters. The molecule has 0 saturated carbocycles. The van der Waals surface area contributed by atoms with Gasteiger partial charge < -0.3 is 10.1 Å². The number of non-ortho nitro benzene ring substituents is 1. The molecule has 3 aromatic rings. The number of nitro groups is 1. The summed E-state index contributed by atoms with van der Waals surface area (Å²) in [5, 5.41) is 17.5. The zero-order valence-electron chi connectivity index (χ0n) is 18.7. The summed E-state index contributed by atoms with van der Waals surface area (Å²) >= 11 is 6.84. The summed E-state index contributed by atoms with van der Waals surface area (Å²) in [7, 11) is 0. The average Bonchev–Trinajstić information content (AvgIpc) is 2.81. The van der Waals surface area contributed by atoms with Crippen LogP contribution in [0.3, 0.4) is 0 Å². The maximum Gasteiger partial charge on any atom is 0.271 e. The molecular weight excluding hydrogens is 584 g/mol. The molecule has 11 heteroatoms. The molecule has 2 amide bonds. The highest BCUT2D eigenvalue weighted by Crippen LogP contribution is 2.34. The number of carbonyl (C=O) groups is 2. The number of halogens is 2. The molecular formula is C24H20Br2N4O5. The largest absolute Gasteiger partial charge is 0.481 e. The second-order valence-electron chi connectivity index (χ2n) is 7.40. The van der Waals surface area contributed by atoms with Gasteiger partial charge in [-0.2, -0.15) is 5.10 Å². The van der Waals surface area contributed by atoms with Crippen molar-refractivity contribution < 1.29 is 19.2 Å². The molecule has 0 aliphatic carbocycles. The van der Waals surface area contributed by atoms with Crippen LogP contribution in [-0.2, 0) is 4.79 Å². The molecule has 9 nitrogen and oxygen atoms in total. The van der Waals surface area contributed by atoms with E-state index in [1.165, 1.54) is 30.5 Å². The topological polar surface area (TPSA) is 123 Å². The first-order chi connectivity index (χ1) is 16.7. The van der Waals surface area contributed by atoms with Crippen LogP contribution < -0.4 is 15.5 Å². The Bertz CT molecular complexity index is 1290. The number of benzene rings is 3. The van der Waals surface area contributed by atoms with E-state index in [0.717, 1.165) is 16.8 Å². The second-order valence-corrected chi connectivity index (χ2v) is 9.11. The summed E-state index contributed by atoms with van der Waals surface area (Å²) in [4.78, 5) is 34.7. The maximum absolute atomic E-state index is 12.4. The molecule has 2 N–H and O–H groups in total. The van der Waals surface area contributed by atoms with E-state index in [2.05, 4.69) is 47.7 Å². The van der Waals surface area contributed by atoms with Crippen molar-refractivity contribution >= 4 is 61.3 Å². The van der Waals surface area contributed by atoms with Gasteiger partial charge >= 0.3 is 0 Å². The van der Waals surface area contributed by atoms with Gasteiger partial charge in [-0.1, -0.05) is 12.1 Å². The van der Waals surface area contributed by atoms with Crippen LogP contribution in [0.5, 0.6) is 5.75 Å². The van der Waals surface area contributed by atoms with E-state index in [0.29, 0.717) is 20.3 Å². The van der Waals surface area contributed by atoms with Crippen LogP contribution in [0.25, 0.3) is 0 Å². The Morgan fingerprint density at radius 3 is 2.37 bits per heavy atom. The molecule has 0 atom stereocenters. The van der Waals surface area contributed by atoms with Gasteiger partial charge in [-0.25, -0.2) is 5.43 Å². The lowest BCUT2D eigenvalue weighted by Gasteiger charge is -2.13. The normalized spacial score (nSPS) is 10.7. The number of ether oxygens (including phenoxy) is 1. The van der Waals surface area contributed by atoms with Crippen LogP contribution in [0.2, 0.25) is 0 Å².